The molecule has 0 amide bonds. The molecule has 0 saturated heterocycles. The fourth-order valence-electron chi connectivity index (χ4n) is 3.55. The first-order valence-electron chi connectivity index (χ1n) is 9.36. The van der Waals surface area contributed by atoms with E-state index in [1.54, 1.807) is 22.1 Å². The molecule has 0 spiro atoms. The van der Waals surface area contributed by atoms with Crippen molar-refractivity contribution >= 4 is 45.1 Å². The maximum atomic E-state index is 13.3. The lowest BCUT2D eigenvalue weighted by atomic mass is 9.94. The number of aryl methyl sites for hydroxylation is 1. The monoisotopic (exact) mass is 456 g/mol. The zero-order chi connectivity index (χ0) is 20.7. The van der Waals surface area contributed by atoms with Gasteiger partial charge in [0.25, 0.3) is 0 Å². The van der Waals surface area contributed by atoms with Crippen LogP contribution >= 0.6 is 34.5 Å². The number of benzene rings is 1. The number of aromatic nitrogens is 4. The van der Waals surface area contributed by atoms with Gasteiger partial charge in [0, 0.05) is 16.2 Å². The normalized spacial score (nSPS) is 13.6. The van der Waals surface area contributed by atoms with E-state index in [0.717, 1.165) is 51.5 Å². The second-order valence-corrected chi connectivity index (χ2v) is 8.73. The SMILES string of the molecule is Fc1ccc(Cn2cc(C3=C(Cl)c4ccc(-c5cccs5)nc4CC3)nn2)c(Cl)c1. The van der Waals surface area contributed by atoms with E-state index in [1.165, 1.54) is 12.1 Å². The highest BCUT2D eigenvalue weighted by atomic mass is 35.5. The standard InChI is InChI=1S/C22H15Cl2FN4S/c23-17-10-14(25)4-3-13(17)11-29-12-20(27-28-29)16-5-7-18-15(22(16)24)6-8-19(26-18)21-2-1-9-30-21/h1-4,6,8-10,12H,5,7,11H2. The number of halogens is 3. The zero-order valence-corrected chi connectivity index (χ0v) is 18.0. The van der Waals surface area contributed by atoms with E-state index in [4.69, 9.17) is 28.2 Å². The smallest absolute Gasteiger partial charge is 0.124 e. The third-order valence-electron chi connectivity index (χ3n) is 5.06. The fraction of sp³-hybridized carbons (Fsp3) is 0.136. The fourth-order valence-corrected chi connectivity index (χ4v) is 4.83. The van der Waals surface area contributed by atoms with Gasteiger partial charge in [-0.05, 0) is 54.1 Å². The highest BCUT2D eigenvalue weighted by molar-refractivity contribution is 7.13. The van der Waals surface area contributed by atoms with Crippen LogP contribution in [-0.4, -0.2) is 20.0 Å². The van der Waals surface area contributed by atoms with Crippen LogP contribution in [0.15, 0.2) is 54.0 Å². The Hall–Kier alpha value is -2.54. The molecule has 30 heavy (non-hydrogen) atoms. The van der Waals surface area contributed by atoms with E-state index in [-0.39, 0.29) is 5.82 Å². The van der Waals surface area contributed by atoms with Crippen molar-refractivity contribution in [3.05, 3.63) is 87.4 Å². The van der Waals surface area contributed by atoms with Crippen LogP contribution in [0.3, 0.4) is 0 Å². The summed E-state index contributed by atoms with van der Waals surface area (Å²) in [7, 11) is 0. The van der Waals surface area contributed by atoms with Crippen LogP contribution in [0.5, 0.6) is 0 Å². The average molecular weight is 457 g/mol. The Balaban J connectivity index is 1.43. The van der Waals surface area contributed by atoms with E-state index in [2.05, 4.69) is 16.4 Å². The first-order chi connectivity index (χ1) is 14.6. The highest BCUT2D eigenvalue weighted by Crippen LogP contribution is 2.39. The van der Waals surface area contributed by atoms with Gasteiger partial charge in [-0.15, -0.1) is 16.4 Å². The molecule has 5 rings (SSSR count). The van der Waals surface area contributed by atoms with Gasteiger partial charge in [0.15, 0.2) is 0 Å². The molecular formula is C22H15Cl2FN4S. The Morgan fingerprint density at radius 2 is 1.97 bits per heavy atom. The lowest BCUT2D eigenvalue weighted by Gasteiger charge is -2.18. The van der Waals surface area contributed by atoms with Crippen molar-refractivity contribution < 1.29 is 4.39 Å². The van der Waals surface area contributed by atoms with Gasteiger partial charge >= 0.3 is 0 Å². The summed E-state index contributed by atoms with van der Waals surface area (Å²) < 4.78 is 14.9. The summed E-state index contributed by atoms with van der Waals surface area (Å²) in [6, 6.07) is 12.5. The molecule has 0 atom stereocenters. The van der Waals surface area contributed by atoms with Crippen LogP contribution in [-0.2, 0) is 13.0 Å². The molecule has 0 N–H and O–H groups in total. The maximum absolute atomic E-state index is 13.3. The molecule has 0 fully saturated rings. The second-order valence-electron chi connectivity index (χ2n) is 7.00. The summed E-state index contributed by atoms with van der Waals surface area (Å²) in [5, 5.41) is 11.6. The van der Waals surface area contributed by atoms with E-state index in [9.17, 15) is 4.39 Å². The molecule has 1 aliphatic carbocycles. The van der Waals surface area contributed by atoms with Gasteiger partial charge in [-0.2, -0.15) is 0 Å². The molecule has 3 aromatic heterocycles. The third kappa shape index (κ3) is 3.67. The molecule has 0 saturated carbocycles. The number of pyridine rings is 1. The van der Waals surface area contributed by atoms with Crippen molar-refractivity contribution in [3.63, 3.8) is 0 Å². The molecule has 3 heterocycles. The zero-order valence-electron chi connectivity index (χ0n) is 15.6. The van der Waals surface area contributed by atoms with Crippen molar-refractivity contribution in [2.24, 2.45) is 0 Å². The summed E-state index contributed by atoms with van der Waals surface area (Å²) in [5.74, 6) is -0.364. The average Bonchev–Trinajstić information content (AvgIpc) is 3.43. The van der Waals surface area contributed by atoms with Crippen LogP contribution in [0.25, 0.3) is 21.2 Å². The molecule has 4 nitrogen and oxygen atoms in total. The Labute approximate surface area is 186 Å². The van der Waals surface area contributed by atoms with E-state index < -0.39 is 0 Å². The van der Waals surface area contributed by atoms with Gasteiger partial charge in [-0.3, -0.25) is 4.98 Å². The first-order valence-corrected chi connectivity index (χ1v) is 11.0. The Morgan fingerprint density at radius 3 is 2.77 bits per heavy atom. The minimum Gasteiger partial charge on any atom is -0.251 e. The van der Waals surface area contributed by atoms with Crippen LogP contribution < -0.4 is 0 Å². The summed E-state index contributed by atoms with van der Waals surface area (Å²) >= 11 is 14.5. The summed E-state index contributed by atoms with van der Waals surface area (Å²) in [6.07, 6.45) is 3.37. The summed E-state index contributed by atoms with van der Waals surface area (Å²) in [5.41, 5.74) is 5.36. The molecule has 4 aromatic rings. The minimum atomic E-state index is -0.364. The topological polar surface area (TPSA) is 43.6 Å². The minimum absolute atomic E-state index is 0.364. The van der Waals surface area contributed by atoms with Crippen LogP contribution in [0.4, 0.5) is 4.39 Å². The molecule has 0 bridgehead atoms. The van der Waals surface area contributed by atoms with Crippen molar-refractivity contribution in [2.45, 2.75) is 19.4 Å². The van der Waals surface area contributed by atoms with Gasteiger partial charge in [0.2, 0.25) is 0 Å². The van der Waals surface area contributed by atoms with Crippen molar-refractivity contribution in [1.29, 1.82) is 0 Å². The van der Waals surface area contributed by atoms with Crippen LogP contribution in [0.1, 0.15) is 28.9 Å². The Kier molecular flexibility index (Phi) is 5.15. The van der Waals surface area contributed by atoms with Gasteiger partial charge in [0.1, 0.15) is 11.5 Å². The number of thiophene rings is 1. The highest BCUT2D eigenvalue weighted by Gasteiger charge is 2.22. The number of rotatable bonds is 4. The largest absolute Gasteiger partial charge is 0.251 e. The third-order valence-corrected chi connectivity index (χ3v) is 6.73. The van der Waals surface area contributed by atoms with Gasteiger partial charge < -0.3 is 0 Å². The van der Waals surface area contributed by atoms with Crippen LogP contribution in [0, 0.1) is 5.82 Å². The predicted molar refractivity (Wildman–Crippen MR) is 119 cm³/mol. The maximum Gasteiger partial charge on any atom is 0.124 e. The lowest BCUT2D eigenvalue weighted by Crippen LogP contribution is -2.05. The second kappa shape index (κ2) is 7.95. The van der Waals surface area contributed by atoms with E-state index in [0.29, 0.717) is 16.6 Å². The number of allylic oxidation sites excluding steroid dienone is 1. The number of nitrogens with zero attached hydrogens (tertiary/aromatic N) is 4. The summed E-state index contributed by atoms with van der Waals surface area (Å²) in [4.78, 5) is 5.96. The number of hydrogen-bond acceptors (Lipinski definition) is 4. The first kappa shape index (κ1) is 19.4. The van der Waals surface area contributed by atoms with E-state index in [1.807, 2.05) is 29.8 Å². The van der Waals surface area contributed by atoms with Crippen molar-refractivity contribution in [3.8, 4) is 10.6 Å². The van der Waals surface area contributed by atoms with Crippen molar-refractivity contribution in [2.75, 3.05) is 0 Å². The molecule has 1 aliphatic rings. The lowest BCUT2D eigenvalue weighted by molar-refractivity contribution is 0.621. The number of fused-ring (bicyclic) bond motifs is 1. The molecule has 1 aromatic carbocycles. The van der Waals surface area contributed by atoms with Crippen molar-refractivity contribution in [1.82, 2.24) is 20.0 Å². The Morgan fingerprint density at radius 1 is 1.07 bits per heavy atom. The van der Waals surface area contributed by atoms with Crippen LogP contribution in [0.2, 0.25) is 5.02 Å². The molecule has 150 valence electrons. The van der Waals surface area contributed by atoms with Gasteiger partial charge in [0.05, 0.1) is 34.0 Å². The predicted octanol–water partition coefficient (Wildman–Crippen LogP) is 6.30. The van der Waals surface area contributed by atoms with Gasteiger partial charge in [-0.25, -0.2) is 9.07 Å². The molecular weight excluding hydrogens is 442 g/mol. The quantitative estimate of drug-likeness (QED) is 0.362. The van der Waals surface area contributed by atoms with E-state index >= 15 is 0 Å². The number of hydrogen-bond donors (Lipinski definition) is 0. The van der Waals surface area contributed by atoms with Gasteiger partial charge in [-0.1, -0.05) is 40.5 Å². The Bertz CT molecular complexity index is 1260. The molecule has 0 unspecified atom stereocenters. The molecule has 8 heteroatoms. The molecule has 0 aliphatic heterocycles. The summed E-state index contributed by atoms with van der Waals surface area (Å²) in [6.45, 7) is 0.402. The molecule has 0 radical (unpaired) electrons.